The zero-order valence-corrected chi connectivity index (χ0v) is 9.38. The minimum atomic E-state index is 0.139. The predicted octanol–water partition coefficient (Wildman–Crippen LogP) is 1.86. The Morgan fingerprint density at radius 3 is 1.64 bits per heavy atom. The van der Waals surface area contributed by atoms with Gasteiger partial charge < -0.3 is 14.2 Å². The summed E-state index contributed by atoms with van der Waals surface area (Å²) in [5.41, 5.74) is 0.139. The molecule has 3 nitrogen and oxygen atoms in total. The van der Waals surface area contributed by atoms with Crippen molar-refractivity contribution < 1.29 is 14.2 Å². The number of rotatable bonds is 0. The van der Waals surface area contributed by atoms with Gasteiger partial charge in [0.05, 0.1) is 13.2 Å². The zero-order chi connectivity index (χ0) is 10.3. The molecule has 0 aliphatic carbocycles. The number of hydrogen-bond donors (Lipinski definition) is 0. The molecule has 1 fully saturated rings. The molecule has 0 saturated carbocycles. The largest absolute Gasteiger partial charge is 0.381 e. The average molecular weight is 202 g/mol. The summed E-state index contributed by atoms with van der Waals surface area (Å²) in [6.07, 6.45) is 1.99. The summed E-state index contributed by atoms with van der Waals surface area (Å²) < 4.78 is 16.5. The summed E-state index contributed by atoms with van der Waals surface area (Å²) in [4.78, 5) is 0. The van der Waals surface area contributed by atoms with Crippen molar-refractivity contribution in [2.24, 2.45) is 5.41 Å². The van der Waals surface area contributed by atoms with E-state index in [1.807, 2.05) is 0 Å². The lowest BCUT2D eigenvalue weighted by Crippen LogP contribution is -2.26. The molecule has 0 radical (unpaired) electrons. The van der Waals surface area contributed by atoms with Crippen molar-refractivity contribution in [3.63, 3.8) is 0 Å². The van der Waals surface area contributed by atoms with Crippen LogP contribution in [-0.2, 0) is 14.2 Å². The molecule has 0 spiro atoms. The van der Waals surface area contributed by atoms with Crippen molar-refractivity contribution in [3.8, 4) is 0 Å². The Morgan fingerprint density at radius 1 is 0.714 bits per heavy atom. The fourth-order valence-electron chi connectivity index (χ4n) is 1.37. The highest BCUT2D eigenvalue weighted by molar-refractivity contribution is 4.66. The van der Waals surface area contributed by atoms with Crippen LogP contribution < -0.4 is 0 Å². The Bertz CT molecular complexity index is 131. The first-order valence-corrected chi connectivity index (χ1v) is 5.44. The third-order valence-electron chi connectivity index (χ3n) is 2.14. The molecule has 3 heteroatoms. The standard InChI is InChI=1S/C11H22O3/c1-11(2)9-13-7-3-5-12-6-4-8-14-10-11/h3-10H2,1-2H3. The molecule has 0 bridgehead atoms. The van der Waals surface area contributed by atoms with Crippen LogP contribution in [0.4, 0.5) is 0 Å². The monoisotopic (exact) mass is 202 g/mol. The highest BCUT2D eigenvalue weighted by Gasteiger charge is 2.18. The van der Waals surface area contributed by atoms with Crippen molar-refractivity contribution in [2.45, 2.75) is 26.7 Å². The van der Waals surface area contributed by atoms with E-state index >= 15 is 0 Å². The molecule has 84 valence electrons. The predicted molar refractivity (Wildman–Crippen MR) is 55.5 cm³/mol. The molecular weight excluding hydrogens is 180 g/mol. The van der Waals surface area contributed by atoms with E-state index in [4.69, 9.17) is 14.2 Å². The SMILES string of the molecule is CC1(C)COCCCOCCCOC1. The first kappa shape index (κ1) is 12.0. The average Bonchev–Trinajstić information content (AvgIpc) is 2.11. The molecule has 1 heterocycles. The Morgan fingerprint density at radius 2 is 1.14 bits per heavy atom. The van der Waals surface area contributed by atoms with Crippen LogP contribution in [0.1, 0.15) is 26.7 Å². The van der Waals surface area contributed by atoms with Gasteiger partial charge >= 0.3 is 0 Å². The fraction of sp³-hybridized carbons (Fsp3) is 1.00. The van der Waals surface area contributed by atoms with Crippen molar-refractivity contribution >= 4 is 0 Å². The van der Waals surface area contributed by atoms with Crippen LogP contribution in [0.3, 0.4) is 0 Å². The molecule has 1 aliphatic heterocycles. The Hall–Kier alpha value is -0.120. The van der Waals surface area contributed by atoms with Gasteiger partial charge in [0.25, 0.3) is 0 Å². The fourth-order valence-corrected chi connectivity index (χ4v) is 1.37. The molecule has 0 N–H and O–H groups in total. The van der Waals surface area contributed by atoms with Gasteiger partial charge in [0, 0.05) is 31.8 Å². The maximum absolute atomic E-state index is 5.56. The van der Waals surface area contributed by atoms with Crippen molar-refractivity contribution in [1.82, 2.24) is 0 Å². The van der Waals surface area contributed by atoms with Crippen molar-refractivity contribution in [2.75, 3.05) is 39.6 Å². The van der Waals surface area contributed by atoms with Gasteiger partial charge in [-0.1, -0.05) is 13.8 Å². The summed E-state index contributed by atoms with van der Waals surface area (Å²) in [7, 11) is 0. The molecule has 0 unspecified atom stereocenters. The minimum Gasteiger partial charge on any atom is -0.381 e. The molecule has 0 aromatic heterocycles. The number of hydrogen-bond acceptors (Lipinski definition) is 3. The van der Waals surface area contributed by atoms with E-state index < -0.39 is 0 Å². The first-order valence-electron chi connectivity index (χ1n) is 5.44. The van der Waals surface area contributed by atoms with E-state index in [0.29, 0.717) is 0 Å². The molecule has 0 atom stereocenters. The summed E-state index contributed by atoms with van der Waals surface area (Å²) in [6.45, 7) is 9.10. The molecule has 0 aromatic carbocycles. The van der Waals surface area contributed by atoms with E-state index in [-0.39, 0.29) is 5.41 Å². The molecule has 1 rings (SSSR count). The van der Waals surface area contributed by atoms with E-state index in [2.05, 4.69) is 13.8 Å². The molecule has 0 amide bonds. The van der Waals surface area contributed by atoms with Gasteiger partial charge in [0.2, 0.25) is 0 Å². The smallest absolute Gasteiger partial charge is 0.0539 e. The van der Waals surface area contributed by atoms with Crippen LogP contribution in [0.5, 0.6) is 0 Å². The maximum Gasteiger partial charge on any atom is 0.0539 e. The number of ether oxygens (including phenoxy) is 3. The molecule has 1 saturated heterocycles. The van der Waals surface area contributed by atoms with Crippen LogP contribution in [0.2, 0.25) is 0 Å². The van der Waals surface area contributed by atoms with Gasteiger partial charge in [-0.15, -0.1) is 0 Å². The van der Waals surface area contributed by atoms with Gasteiger partial charge in [-0.05, 0) is 12.8 Å². The highest BCUT2D eigenvalue weighted by atomic mass is 16.5. The first-order chi connectivity index (χ1) is 6.71. The lowest BCUT2D eigenvalue weighted by atomic mass is 9.96. The minimum absolute atomic E-state index is 0.139. The molecule has 0 aromatic rings. The van der Waals surface area contributed by atoms with Crippen LogP contribution >= 0.6 is 0 Å². The van der Waals surface area contributed by atoms with Gasteiger partial charge in [-0.25, -0.2) is 0 Å². The summed E-state index contributed by atoms with van der Waals surface area (Å²) in [5.74, 6) is 0. The quantitative estimate of drug-likeness (QED) is 0.600. The second-order valence-electron chi connectivity index (χ2n) is 4.59. The van der Waals surface area contributed by atoms with Gasteiger partial charge in [-0.2, -0.15) is 0 Å². The topological polar surface area (TPSA) is 27.7 Å². The Balaban J connectivity index is 2.24. The normalized spacial score (nSPS) is 26.1. The van der Waals surface area contributed by atoms with Crippen LogP contribution in [0.15, 0.2) is 0 Å². The third-order valence-corrected chi connectivity index (χ3v) is 2.14. The second-order valence-corrected chi connectivity index (χ2v) is 4.59. The molecule has 14 heavy (non-hydrogen) atoms. The third kappa shape index (κ3) is 5.58. The van der Waals surface area contributed by atoms with Crippen LogP contribution in [-0.4, -0.2) is 39.6 Å². The maximum atomic E-state index is 5.56. The Kier molecular flexibility index (Phi) is 5.45. The van der Waals surface area contributed by atoms with E-state index in [1.165, 1.54) is 0 Å². The van der Waals surface area contributed by atoms with Gasteiger partial charge in [-0.3, -0.25) is 0 Å². The summed E-state index contributed by atoms with van der Waals surface area (Å²) >= 11 is 0. The van der Waals surface area contributed by atoms with Gasteiger partial charge in [0.15, 0.2) is 0 Å². The van der Waals surface area contributed by atoms with Gasteiger partial charge in [0.1, 0.15) is 0 Å². The zero-order valence-electron chi connectivity index (χ0n) is 9.38. The summed E-state index contributed by atoms with van der Waals surface area (Å²) in [6, 6.07) is 0. The van der Waals surface area contributed by atoms with Crippen molar-refractivity contribution in [3.05, 3.63) is 0 Å². The van der Waals surface area contributed by atoms with E-state index in [0.717, 1.165) is 52.5 Å². The Labute approximate surface area is 86.7 Å². The summed E-state index contributed by atoms with van der Waals surface area (Å²) in [5, 5.41) is 0. The molecule has 1 aliphatic rings. The van der Waals surface area contributed by atoms with Crippen LogP contribution in [0.25, 0.3) is 0 Å². The van der Waals surface area contributed by atoms with Crippen molar-refractivity contribution in [1.29, 1.82) is 0 Å². The van der Waals surface area contributed by atoms with E-state index in [9.17, 15) is 0 Å². The lowest BCUT2D eigenvalue weighted by molar-refractivity contribution is -0.0228. The van der Waals surface area contributed by atoms with E-state index in [1.54, 1.807) is 0 Å². The second kappa shape index (κ2) is 6.38. The lowest BCUT2D eigenvalue weighted by Gasteiger charge is -2.24. The highest BCUT2D eigenvalue weighted by Crippen LogP contribution is 2.16. The van der Waals surface area contributed by atoms with Crippen LogP contribution in [0, 0.1) is 5.41 Å². The molecular formula is C11H22O3.